The Hall–Kier alpha value is -1.45. The molecule has 1 unspecified atom stereocenters. The van der Waals surface area contributed by atoms with E-state index in [2.05, 4.69) is 9.97 Å². The van der Waals surface area contributed by atoms with E-state index in [0.717, 1.165) is 30.7 Å². The molecular formula is C12H16N2O2. The Labute approximate surface area is 94.7 Å². The maximum Gasteiger partial charge on any atom is 0.304 e. The lowest BCUT2D eigenvalue weighted by molar-refractivity contribution is -0.137. The first-order valence-electron chi connectivity index (χ1n) is 5.73. The fourth-order valence-corrected chi connectivity index (χ4v) is 2.33. The molecule has 1 aliphatic rings. The van der Waals surface area contributed by atoms with E-state index in [-0.39, 0.29) is 12.3 Å². The summed E-state index contributed by atoms with van der Waals surface area (Å²) >= 11 is 0. The van der Waals surface area contributed by atoms with Gasteiger partial charge in [0.15, 0.2) is 0 Å². The topological polar surface area (TPSA) is 63.1 Å². The van der Waals surface area contributed by atoms with Crippen LogP contribution in [0.4, 0.5) is 0 Å². The number of rotatable bonds is 3. The number of carbonyl (C=O) groups is 1. The Kier molecular flexibility index (Phi) is 3.17. The quantitative estimate of drug-likeness (QED) is 0.845. The van der Waals surface area contributed by atoms with E-state index in [4.69, 9.17) is 5.11 Å². The van der Waals surface area contributed by atoms with Crippen LogP contribution in [0.3, 0.4) is 0 Å². The number of carboxylic acid groups (broad SMARTS) is 1. The molecule has 4 nitrogen and oxygen atoms in total. The van der Waals surface area contributed by atoms with Gasteiger partial charge in [-0.15, -0.1) is 0 Å². The highest BCUT2D eigenvalue weighted by Gasteiger charge is 2.20. The first kappa shape index (κ1) is 11.0. The molecule has 2 rings (SSSR count). The van der Waals surface area contributed by atoms with Gasteiger partial charge in [-0.3, -0.25) is 4.79 Å². The number of aliphatic carboxylic acids is 1. The van der Waals surface area contributed by atoms with Crippen molar-refractivity contribution in [2.75, 3.05) is 0 Å². The molecule has 0 aliphatic heterocycles. The largest absolute Gasteiger partial charge is 0.481 e. The normalized spacial score (nSPS) is 16.6. The predicted octanol–water partition coefficient (Wildman–Crippen LogP) is 1.93. The molecule has 0 saturated heterocycles. The summed E-state index contributed by atoms with van der Waals surface area (Å²) < 4.78 is 0. The van der Waals surface area contributed by atoms with Crippen LogP contribution in [0.2, 0.25) is 0 Å². The van der Waals surface area contributed by atoms with Gasteiger partial charge in [0.25, 0.3) is 0 Å². The molecule has 0 amide bonds. The van der Waals surface area contributed by atoms with E-state index in [1.54, 1.807) is 6.33 Å². The lowest BCUT2D eigenvalue weighted by Gasteiger charge is -2.19. The number of hydrogen-bond acceptors (Lipinski definition) is 3. The maximum atomic E-state index is 10.7. The highest BCUT2D eigenvalue weighted by atomic mass is 16.4. The lowest BCUT2D eigenvalue weighted by atomic mass is 9.89. The molecule has 1 aromatic heterocycles. The third-order valence-electron chi connectivity index (χ3n) is 3.11. The van der Waals surface area contributed by atoms with E-state index in [1.165, 1.54) is 12.0 Å². The Morgan fingerprint density at radius 1 is 1.44 bits per heavy atom. The summed E-state index contributed by atoms with van der Waals surface area (Å²) in [7, 11) is 0. The van der Waals surface area contributed by atoms with Crippen molar-refractivity contribution in [1.82, 2.24) is 9.97 Å². The van der Waals surface area contributed by atoms with Crippen molar-refractivity contribution < 1.29 is 9.90 Å². The number of nitrogens with zero attached hydrogens (tertiary/aromatic N) is 2. The van der Waals surface area contributed by atoms with Gasteiger partial charge in [-0.1, -0.05) is 6.92 Å². The van der Waals surface area contributed by atoms with E-state index in [9.17, 15) is 4.79 Å². The summed E-state index contributed by atoms with van der Waals surface area (Å²) in [6, 6.07) is 0. The lowest BCUT2D eigenvalue weighted by Crippen LogP contribution is -2.14. The van der Waals surface area contributed by atoms with Gasteiger partial charge in [0.05, 0.1) is 12.1 Å². The van der Waals surface area contributed by atoms with Crippen LogP contribution in [0.1, 0.15) is 49.1 Å². The second-order valence-electron chi connectivity index (χ2n) is 4.39. The van der Waals surface area contributed by atoms with Crippen LogP contribution < -0.4 is 0 Å². The van der Waals surface area contributed by atoms with Crippen molar-refractivity contribution in [3.05, 3.63) is 23.3 Å². The van der Waals surface area contributed by atoms with Gasteiger partial charge in [0.1, 0.15) is 6.33 Å². The molecule has 1 N–H and O–H groups in total. The van der Waals surface area contributed by atoms with Gasteiger partial charge < -0.3 is 5.11 Å². The number of hydrogen-bond donors (Lipinski definition) is 1. The second-order valence-corrected chi connectivity index (χ2v) is 4.39. The number of carboxylic acids is 1. The maximum absolute atomic E-state index is 10.7. The highest BCUT2D eigenvalue weighted by molar-refractivity contribution is 5.67. The summed E-state index contributed by atoms with van der Waals surface area (Å²) in [5, 5.41) is 8.81. The van der Waals surface area contributed by atoms with Crippen LogP contribution >= 0.6 is 0 Å². The average molecular weight is 220 g/mol. The van der Waals surface area contributed by atoms with Crippen LogP contribution in [0, 0.1) is 0 Å². The Morgan fingerprint density at radius 2 is 2.19 bits per heavy atom. The molecule has 1 heterocycles. The minimum atomic E-state index is -0.768. The molecule has 0 fully saturated rings. The van der Waals surface area contributed by atoms with Gasteiger partial charge in [0.2, 0.25) is 0 Å². The molecule has 1 aliphatic carbocycles. The average Bonchev–Trinajstić information content (AvgIpc) is 2.27. The summed E-state index contributed by atoms with van der Waals surface area (Å²) in [5.41, 5.74) is 3.25. The number of fused-ring (bicyclic) bond motifs is 1. The van der Waals surface area contributed by atoms with E-state index >= 15 is 0 Å². The second kappa shape index (κ2) is 4.60. The van der Waals surface area contributed by atoms with Crippen LogP contribution in [0.15, 0.2) is 6.33 Å². The van der Waals surface area contributed by atoms with E-state index in [1.807, 2.05) is 6.92 Å². The zero-order valence-corrected chi connectivity index (χ0v) is 9.44. The predicted molar refractivity (Wildman–Crippen MR) is 59.3 cm³/mol. The Morgan fingerprint density at radius 3 is 2.94 bits per heavy atom. The fourth-order valence-electron chi connectivity index (χ4n) is 2.33. The van der Waals surface area contributed by atoms with Gasteiger partial charge >= 0.3 is 5.97 Å². The van der Waals surface area contributed by atoms with E-state index in [0.29, 0.717) is 0 Å². The zero-order chi connectivity index (χ0) is 11.5. The van der Waals surface area contributed by atoms with Gasteiger partial charge in [-0.25, -0.2) is 9.97 Å². The minimum absolute atomic E-state index is 0.0210. The molecular weight excluding hydrogens is 204 g/mol. The van der Waals surface area contributed by atoms with Crippen molar-refractivity contribution in [2.45, 2.75) is 44.9 Å². The van der Waals surface area contributed by atoms with Crippen molar-refractivity contribution in [3.8, 4) is 0 Å². The molecule has 0 spiro atoms. The molecule has 0 bridgehead atoms. The Bertz CT molecular complexity index is 404. The molecule has 0 saturated carbocycles. The fraction of sp³-hybridized carbons (Fsp3) is 0.583. The van der Waals surface area contributed by atoms with Gasteiger partial charge in [-0.2, -0.15) is 0 Å². The summed E-state index contributed by atoms with van der Waals surface area (Å²) in [6.07, 6.45) is 6.05. The molecule has 86 valence electrons. The van der Waals surface area contributed by atoms with Crippen molar-refractivity contribution in [3.63, 3.8) is 0 Å². The van der Waals surface area contributed by atoms with Crippen molar-refractivity contribution >= 4 is 5.97 Å². The molecule has 16 heavy (non-hydrogen) atoms. The van der Waals surface area contributed by atoms with Crippen LogP contribution in [0.5, 0.6) is 0 Å². The molecule has 4 heteroatoms. The highest BCUT2D eigenvalue weighted by Crippen LogP contribution is 2.27. The molecule has 0 aromatic carbocycles. The Balaban J connectivity index is 2.29. The van der Waals surface area contributed by atoms with Crippen molar-refractivity contribution in [2.24, 2.45) is 0 Å². The van der Waals surface area contributed by atoms with Gasteiger partial charge in [-0.05, 0) is 31.2 Å². The van der Waals surface area contributed by atoms with Crippen molar-refractivity contribution in [1.29, 1.82) is 0 Å². The zero-order valence-electron chi connectivity index (χ0n) is 9.44. The van der Waals surface area contributed by atoms with E-state index < -0.39 is 5.97 Å². The van der Waals surface area contributed by atoms with Crippen LogP contribution in [-0.2, 0) is 17.6 Å². The van der Waals surface area contributed by atoms with Gasteiger partial charge in [0, 0.05) is 11.6 Å². The smallest absolute Gasteiger partial charge is 0.304 e. The monoisotopic (exact) mass is 220 g/mol. The third-order valence-corrected chi connectivity index (χ3v) is 3.11. The SMILES string of the molecule is CC(CC(=O)O)c1ncnc2c1CCCC2. The summed E-state index contributed by atoms with van der Waals surface area (Å²) in [5.74, 6) is -0.789. The summed E-state index contributed by atoms with van der Waals surface area (Å²) in [4.78, 5) is 19.3. The first-order valence-corrected chi connectivity index (χ1v) is 5.73. The minimum Gasteiger partial charge on any atom is -0.481 e. The molecule has 1 atom stereocenters. The van der Waals surface area contributed by atoms with Crippen LogP contribution in [-0.4, -0.2) is 21.0 Å². The number of aromatic nitrogens is 2. The molecule has 0 radical (unpaired) electrons. The standard InChI is InChI=1S/C12H16N2O2/c1-8(6-11(15)16)12-9-4-2-3-5-10(9)13-7-14-12/h7-8H,2-6H2,1H3,(H,15,16). The summed E-state index contributed by atoms with van der Waals surface area (Å²) in [6.45, 7) is 1.92. The molecule has 1 aromatic rings. The first-order chi connectivity index (χ1) is 7.68. The third kappa shape index (κ3) is 2.21. The van der Waals surface area contributed by atoms with Crippen LogP contribution in [0.25, 0.3) is 0 Å². The number of aryl methyl sites for hydroxylation is 1.